The SMILES string of the molecule is CNC(=O)c1ccc(Cl)c(NC(=O)CC(C)CN)c1. The van der Waals surface area contributed by atoms with Crippen molar-refractivity contribution in [2.24, 2.45) is 11.7 Å². The van der Waals surface area contributed by atoms with E-state index < -0.39 is 0 Å². The number of rotatable bonds is 5. The van der Waals surface area contributed by atoms with Crippen molar-refractivity contribution in [1.29, 1.82) is 0 Å². The number of carbonyl (C=O) groups excluding carboxylic acids is 2. The van der Waals surface area contributed by atoms with Gasteiger partial charge >= 0.3 is 0 Å². The molecule has 6 heteroatoms. The van der Waals surface area contributed by atoms with Crippen molar-refractivity contribution in [2.75, 3.05) is 18.9 Å². The van der Waals surface area contributed by atoms with Gasteiger partial charge in [-0.15, -0.1) is 0 Å². The molecule has 0 saturated heterocycles. The molecule has 1 aromatic carbocycles. The molecule has 1 aromatic rings. The molecule has 0 bridgehead atoms. The topological polar surface area (TPSA) is 84.2 Å². The van der Waals surface area contributed by atoms with Gasteiger partial charge < -0.3 is 16.4 Å². The van der Waals surface area contributed by atoms with Gasteiger partial charge in [-0.25, -0.2) is 0 Å². The number of nitrogens with two attached hydrogens (primary N) is 1. The summed E-state index contributed by atoms with van der Waals surface area (Å²) < 4.78 is 0. The molecule has 1 unspecified atom stereocenters. The predicted molar refractivity (Wildman–Crippen MR) is 76.3 cm³/mol. The van der Waals surface area contributed by atoms with Crippen LogP contribution >= 0.6 is 11.6 Å². The van der Waals surface area contributed by atoms with Gasteiger partial charge in [-0.3, -0.25) is 9.59 Å². The maximum Gasteiger partial charge on any atom is 0.251 e. The summed E-state index contributed by atoms with van der Waals surface area (Å²) >= 11 is 5.99. The number of hydrogen-bond acceptors (Lipinski definition) is 3. The minimum atomic E-state index is -0.234. The van der Waals surface area contributed by atoms with Crippen LogP contribution in [0.2, 0.25) is 5.02 Å². The molecule has 0 aliphatic rings. The lowest BCUT2D eigenvalue weighted by Crippen LogP contribution is -2.21. The number of benzene rings is 1. The lowest BCUT2D eigenvalue weighted by Gasteiger charge is -2.11. The Hall–Kier alpha value is -1.59. The molecule has 4 N–H and O–H groups in total. The Bertz CT molecular complexity index is 477. The van der Waals surface area contributed by atoms with Gasteiger partial charge in [-0.1, -0.05) is 18.5 Å². The number of anilines is 1. The first kappa shape index (κ1) is 15.5. The molecule has 2 amide bonds. The van der Waals surface area contributed by atoms with E-state index in [-0.39, 0.29) is 17.7 Å². The minimum Gasteiger partial charge on any atom is -0.355 e. The zero-order valence-electron chi connectivity index (χ0n) is 11.0. The van der Waals surface area contributed by atoms with Gasteiger partial charge in [0.2, 0.25) is 5.91 Å². The summed E-state index contributed by atoms with van der Waals surface area (Å²) in [7, 11) is 1.54. The average Bonchev–Trinajstić information content (AvgIpc) is 2.40. The first-order valence-electron chi connectivity index (χ1n) is 5.99. The Morgan fingerprint density at radius 1 is 1.42 bits per heavy atom. The van der Waals surface area contributed by atoms with E-state index in [0.29, 0.717) is 29.2 Å². The summed E-state index contributed by atoms with van der Waals surface area (Å²) in [6, 6.07) is 4.72. The molecular formula is C13H18ClN3O2. The third kappa shape index (κ3) is 4.54. The normalized spacial score (nSPS) is 11.8. The third-order valence-electron chi connectivity index (χ3n) is 2.67. The summed E-state index contributed by atoms with van der Waals surface area (Å²) in [4.78, 5) is 23.3. The van der Waals surface area contributed by atoms with Crippen LogP contribution < -0.4 is 16.4 Å². The molecule has 0 saturated carbocycles. The van der Waals surface area contributed by atoms with E-state index in [9.17, 15) is 9.59 Å². The summed E-state index contributed by atoms with van der Waals surface area (Å²) in [5.74, 6) is -0.308. The predicted octanol–water partition coefficient (Wildman–Crippen LogP) is 1.62. The Labute approximate surface area is 117 Å². The smallest absolute Gasteiger partial charge is 0.251 e. The van der Waals surface area contributed by atoms with Crippen molar-refractivity contribution in [3.8, 4) is 0 Å². The number of hydrogen-bond donors (Lipinski definition) is 3. The third-order valence-corrected chi connectivity index (χ3v) is 3.00. The van der Waals surface area contributed by atoms with Crippen molar-refractivity contribution in [2.45, 2.75) is 13.3 Å². The van der Waals surface area contributed by atoms with Crippen LogP contribution in [0.15, 0.2) is 18.2 Å². The number of carbonyl (C=O) groups is 2. The first-order valence-corrected chi connectivity index (χ1v) is 6.37. The van der Waals surface area contributed by atoms with E-state index in [0.717, 1.165) is 0 Å². The number of nitrogens with one attached hydrogen (secondary N) is 2. The van der Waals surface area contributed by atoms with Crippen molar-refractivity contribution in [3.05, 3.63) is 28.8 Å². The summed E-state index contributed by atoms with van der Waals surface area (Å²) in [6.45, 7) is 2.33. The maximum absolute atomic E-state index is 11.8. The van der Waals surface area contributed by atoms with Gasteiger partial charge in [-0.05, 0) is 30.7 Å². The van der Waals surface area contributed by atoms with Crippen molar-refractivity contribution >= 4 is 29.1 Å². The summed E-state index contributed by atoms with van der Waals surface area (Å²) in [5, 5.41) is 5.59. The van der Waals surface area contributed by atoms with Gasteiger partial charge in [0.05, 0.1) is 10.7 Å². The van der Waals surface area contributed by atoms with Crippen LogP contribution in [-0.2, 0) is 4.79 Å². The first-order chi connectivity index (χ1) is 8.97. The second-order valence-corrected chi connectivity index (χ2v) is 4.77. The van der Waals surface area contributed by atoms with E-state index in [4.69, 9.17) is 17.3 Å². The van der Waals surface area contributed by atoms with Crippen LogP contribution in [0.25, 0.3) is 0 Å². The zero-order valence-corrected chi connectivity index (χ0v) is 11.8. The van der Waals surface area contributed by atoms with Gasteiger partial charge in [0, 0.05) is 19.0 Å². The van der Waals surface area contributed by atoms with E-state index in [1.54, 1.807) is 18.2 Å². The minimum absolute atomic E-state index is 0.0981. The van der Waals surface area contributed by atoms with Crippen LogP contribution in [0.3, 0.4) is 0 Å². The quantitative estimate of drug-likeness (QED) is 0.768. The standard InChI is InChI=1S/C13H18ClN3O2/c1-8(7-15)5-12(18)17-11-6-9(13(19)16-2)3-4-10(11)14/h3-4,6,8H,5,7,15H2,1-2H3,(H,16,19)(H,17,18). The molecule has 0 spiro atoms. The van der Waals surface area contributed by atoms with Crippen LogP contribution in [0.5, 0.6) is 0 Å². The molecule has 19 heavy (non-hydrogen) atoms. The van der Waals surface area contributed by atoms with Gasteiger partial charge in [0.15, 0.2) is 0 Å². The molecule has 0 aliphatic carbocycles. The summed E-state index contributed by atoms with van der Waals surface area (Å²) in [5.41, 5.74) is 6.33. The Morgan fingerprint density at radius 2 is 2.11 bits per heavy atom. The molecule has 1 atom stereocenters. The lowest BCUT2D eigenvalue weighted by atomic mass is 10.1. The highest BCUT2D eigenvalue weighted by atomic mass is 35.5. The fourth-order valence-electron chi connectivity index (χ4n) is 1.51. The number of halogens is 1. The van der Waals surface area contributed by atoms with E-state index in [1.165, 1.54) is 7.05 Å². The zero-order chi connectivity index (χ0) is 14.4. The second-order valence-electron chi connectivity index (χ2n) is 4.37. The second kappa shape index (κ2) is 7.11. The van der Waals surface area contributed by atoms with Crippen molar-refractivity contribution in [3.63, 3.8) is 0 Å². The lowest BCUT2D eigenvalue weighted by molar-refractivity contribution is -0.116. The highest BCUT2D eigenvalue weighted by molar-refractivity contribution is 6.33. The fraction of sp³-hybridized carbons (Fsp3) is 0.385. The largest absolute Gasteiger partial charge is 0.355 e. The highest BCUT2D eigenvalue weighted by Crippen LogP contribution is 2.23. The monoisotopic (exact) mass is 283 g/mol. The molecule has 0 aliphatic heterocycles. The molecule has 104 valence electrons. The molecule has 0 radical (unpaired) electrons. The van der Waals surface area contributed by atoms with Crippen LogP contribution in [0.4, 0.5) is 5.69 Å². The summed E-state index contributed by atoms with van der Waals surface area (Å²) in [6.07, 6.45) is 0.316. The molecule has 5 nitrogen and oxygen atoms in total. The Balaban J connectivity index is 2.82. The van der Waals surface area contributed by atoms with Gasteiger partial charge in [0.25, 0.3) is 5.91 Å². The molecule has 0 heterocycles. The molecule has 0 fully saturated rings. The number of amides is 2. The molecular weight excluding hydrogens is 266 g/mol. The molecule has 0 aromatic heterocycles. The van der Waals surface area contributed by atoms with Gasteiger partial charge in [0.1, 0.15) is 0 Å². The van der Waals surface area contributed by atoms with Crippen LogP contribution in [0, 0.1) is 5.92 Å². The van der Waals surface area contributed by atoms with Crippen LogP contribution in [-0.4, -0.2) is 25.4 Å². The maximum atomic E-state index is 11.8. The Kier molecular flexibility index (Phi) is 5.79. The Morgan fingerprint density at radius 3 is 2.68 bits per heavy atom. The van der Waals surface area contributed by atoms with Crippen LogP contribution in [0.1, 0.15) is 23.7 Å². The molecule has 1 rings (SSSR count). The highest BCUT2D eigenvalue weighted by Gasteiger charge is 2.12. The van der Waals surface area contributed by atoms with E-state index in [1.807, 2.05) is 6.92 Å². The van der Waals surface area contributed by atoms with E-state index in [2.05, 4.69) is 10.6 Å². The van der Waals surface area contributed by atoms with E-state index >= 15 is 0 Å². The van der Waals surface area contributed by atoms with Crippen molar-refractivity contribution in [1.82, 2.24) is 5.32 Å². The van der Waals surface area contributed by atoms with Crippen molar-refractivity contribution < 1.29 is 9.59 Å². The fourth-order valence-corrected chi connectivity index (χ4v) is 1.67. The average molecular weight is 284 g/mol. The van der Waals surface area contributed by atoms with Gasteiger partial charge in [-0.2, -0.15) is 0 Å².